The van der Waals surface area contributed by atoms with Crippen LogP contribution in [0.4, 0.5) is 0 Å². The van der Waals surface area contributed by atoms with Gasteiger partial charge in [0.15, 0.2) is 0 Å². The summed E-state index contributed by atoms with van der Waals surface area (Å²) in [5, 5.41) is 7.92. The van der Waals surface area contributed by atoms with Crippen LogP contribution >= 0.6 is 0 Å². The molecule has 0 aromatic carbocycles. The average molecular weight is 186 g/mol. The first-order valence-electron chi connectivity index (χ1n) is 2.55. The van der Waals surface area contributed by atoms with E-state index in [1.165, 1.54) is 0 Å². The molecule has 0 aliphatic rings. The molecule has 9 heavy (non-hydrogen) atoms. The van der Waals surface area contributed by atoms with Crippen LogP contribution in [-0.4, -0.2) is 21.4 Å². The van der Waals surface area contributed by atoms with Gasteiger partial charge in [0.2, 0.25) is 0 Å². The summed E-state index contributed by atoms with van der Waals surface area (Å²) in [7, 11) is 1.79. The van der Waals surface area contributed by atoms with Gasteiger partial charge in [-0.1, -0.05) is 0 Å². The summed E-state index contributed by atoms with van der Waals surface area (Å²) in [6.07, 6.45) is 1.81. The number of nitrogens with one attached hydrogen (secondary N) is 1. The molecule has 0 aliphatic heterocycles. The van der Waals surface area contributed by atoms with Gasteiger partial charge in [-0.15, -0.1) is 0 Å². The van der Waals surface area contributed by atoms with E-state index in [1.807, 2.05) is 0 Å². The van der Waals surface area contributed by atoms with Crippen LogP contribution in [0.3, 0.4) is 0 Å². The van der Waals surface area contributed by atoms with Crippen LogP contribution in [0.1, 0.15) is 5.76 Å². The summed E-state index contributed by atoms with van der Waals surface area (Å²) in [6.45, 7) is 0. The number of nitrogens with zero attached hydrogens (tertiary/aromatic N) is 1. The Hall–Kier alpha value is -0.432. The average Bonchev–Trinajstić information content (AvgIpc) is 2.13. The van der Waals surface area contributed by atoms with Gasteiger partial charge in [0, 0.05) is 0 Å². The Bertz CT molecular complexity index is 250. The van der Waals surface area contributed by atoms with Gasteiger partial charge >= 0.3 is 61.1 Å². The van der Waals surface area contributed by atoms with Gasteiger partial charge in [-0.25, -0.2) is 0 Å². The molecular formula is C5H7AsN2O. The Morgan fingerprint density at radius 1 is 1.89 bits per heavy atom. The third-order valence-corrected chi connectivity index (χ3v) is 1.70. The maximum absolute atomic E-state index is 7.13. The fourth-order valence-corrected chi connectivity index (χ4v) is 0.877. The molecule has 1 N–H and O–H groups in total. The van der Waals surface area contributed by atoms with Crippen molar-refractivity contribution in [3.8, 4) is 0 Å². The molecule has 48 valence electrons. The number of aryl methyl sites for hydroxylation is 1. The molecular weight excluding hydrogens is 179 g/mol. The molecule has 3 nitrogen and oxygen atoms in total. The molecule has 0 aliphatic carbocycles. The summed E-state index contributed by atoms with van der Waals surface area (Å²) >= 11 is 2.40. The number of hydrogen-bond acceptors (Lipinski definition) is 2. The van der Waals surface area contributed by atoms with E-state index in [-0.39, 0.29) is 5.68 Å². The van der Waals surface area contributed by atoms with E-state index in [0.29, 0.717) is 0 Å². The third-order valence-electron chi connectivity index (χ3n) is 1.04. The molecule has 1 heterocycles. The molecule has 2 radical (unpaired) electrons. The minimum atomic E-state index is 0.205. The van der Waals surface area contributed by atoms with Crippen molar-refractivity contribution < 1.29 is 4.42 Å². The SMILES string of the molecule is Cn1cc(C[As])oc1=N. The fourth-order valence-electron chi connectivity index (χ4n) is 0.570. The summed E-state index contributed by atoms with van der Waals surface area (Å²) in [4.78, 5) is 0. The first-order valence-corrected chi connectivity index (χ1v) is 3.87. The zero-order valence-corrected chi connectivity index (χ0v) is 6.96. The van der Waals surface area contributed by atoms with Crippen molar-refractivity contribution >= 4 is 16.9 Å². The summed E-state index contributed by atoms with van der Waals surface area (Å²) in [5.41, 5.74) is 0.205. The summed E-state index contributed by atoms with van der Waals surface area (Å²) < 4.78 is 6.62. The van der Waals surface area contributed by atoms with Crippen molar-refractivity contribution in [3.63, 3.8) is 0 Å². The molecule has 1 aromatic heterocycles. The minimum absolute atomic E-state index is 0.205. The third kappa shape index (κ3) is 1.27. The van der Waals surface area contributed by atoms with E-state index in [2.05, 4.69) is 16.9 Å². The Morgan fingerprint density at radius 3 is 2.78 bits per heavy atom. The first-order chi connectivity index (χ1) is 4.24. The van der Waals surface area contributed by atoms with E-state index < -0.39 is 0 Å². The Kier molecular flexibility index (Phi) is 1.81. The molecule has 1 aromatic rings. The molecule has 0 bridgehead atoms. The van der Waals surface area contributed by atoms with Crippen LogP contribution in [0.15, 0.2) is 10.6 Å². The zero-order chi connectivity index (χ0) is 6.85. The van der Waals surface area contributed by atoms with Crippen molar-refractivity contribution in [2.45, 2.75) is 5.21 Å². The Labute approximate surface area is 61.7 Å². The molecule has 0 saturated carbocycles. The number of oxazole rings is 1. The van der Waals surface area contributed by atoms with Gasteiger partial charge < -0.3 is 0 Å². The van der Waals surface area contributed by atoms with Gasteiger partial charge in [-0.05, 0) is 0 Å². The number of rotatable bonds is 1. The van der Waals surface area contributed by atoms with Crippen LogP contribution in [0.25, 0.3) is 0 Å². The topological polar surface area (TPSA) is 41.9 Å². The molecule has 4 heteroatoms. The van der Waals surface area contributed by atoms with Crippen molar-refractivity contribution in [2.75, 3.05) is 0 Å². The van der Waals surface area contributed by atoms with Crippen molar-refractivity contribution in [1.82, 2.24) is 4.57 Å². The van der Waals surface area contributed by atoms with Crippen LogP contribution in [0.2, 0.25) is 0 Å². The van der Waals surface area contributed by atoms with E-state index in [4.69, 9.17) is 9.83 Å². The predicted molar refractivity (Wildman–Crippen MR) is 33.0 cm³/mol. The summed E-state index contributed by atoms with van der Waals surface area (Å²) in [6, 6.07) is 0. The molecule has 0 atom stereocenters. The van der Waals surface area contributed by atoms with Gasteiger partial charge in [0.25, 0.3) is 0 Å². The van der Waals surface area contributed by atoms with E-state index >= 15 is 0 Å². The molecule has 0 saturated heterocycles. The number of aromatic nitrogens is 1. The number of hydrogen-bond donors (Lipinski definition) is 1. The second-order valence-electron chi connectivity index (χ2n) is 1.77. The first kappa shape index (κ1) is 6.69. The van der Waals surface area contributed by atoms with Gasteiger partial charge in [-0.3, -0.25) is 0 Å². The van der Waals surface area contributed by atoms with Crippen molar-refractivity contribution in [2.24, 2.45) is 7.05 Å². The van der Waals surface area contributed by atoms with Gasteiger partial charge in [-0.2, -0.15) is 0 Å². The van der Waals surface area contributed by atoms with Crippen LogP contribution < -0.4 is 5.68 Å². The second kappa shape index (κ2) is 2.44. The Morgan fingerprint density at radius 2 is 2.56 bits per heavy atom. The van der Waals surface area contributed by atoms with Crippen LogP contribution in [-0.2, 0) is 12.3 Å². The fraction of sp³-hybridized carbons (Fsp3) is 0.400. The normalized spacial score (nSPS) is 10.0. The van der Waals surface area contributed by atoms with Gasteiger partial charge in [0.1, 0.15) is 0 Å². The van der Waals surface area contributed by atoms with Crippen molar-refractivity contribution in [1.29, 1.82) is 5.41 Å². The summed E-state index contributed by atoms with van der Waals surface area (Å²) in [5.74, 6) is 0.836. The van der Waals surface area contributed by atoms with Crippen LogP contribution in [0.5, 0.6) is 0 Å². The molecule has 0 fully saturated rings. The molecule has 1 rings (SSSR count). The standard InChI is InChI=1S/C5H7AsN2O/c1-8-3-4(2-6)9-5(8)7/h3,7H,2H2,1H3. The van der Waals surface area contributed by atoms with Crippen molar-refractivity contribution in [3.05, 3.63) is 17.6 Å². The predicted octanol–water partition coefficient (Wildman–Crippen LogP) is -0.234. The zero-order valence-electron chi connectivity index (χ0n) is 5.09. The van der Waals surface area contributed by atoms with E-state index in [1.54, 1.807) is 17.8 Å². The maximum atomic E-state index is 7.13. The van der Waals surface area contributed by atoms with E-state index in [0.717, 1.165) is 11.0 Å². The van der Waals surface area contributed by atoms with Crippen LogP contribution in [0, 0.1) is 5.41 Å². The van der Waals surface area contributed by atoms with E-state index in [9.17, 15) is 0 Å². The quantitative estimate of drug-likeness (QED) is 0.604. The second-order valence-corrected chi connectivity index (χ2v) is 2.44. The monoisotopic (exact) mass is 186 g/mol. The molecule has 0 spiro atoms. The molecule has 0 unspecified atom stereocenters. The Balaban J connectivity index is 3.13. The molecule has 0 amide bonds. The van der Waals surface area contributed by atoms with Gasteiger partial charge in [0.05, 0.1) is 0 Å².